The van der Waals surface area contributed by atoms with Gasteiger partial charge in [-0.25, -0.2) is 0 Å². The summed E-state index contributed by atoms with van der Waals surface area (Å²) in [6.45, 7) is 3.01. The maximum Gasteiger partial charge on any atom is 0.417 e. The van der Waals surface area contributed by atoms with E-state index in [1.165, 1.54) is 31.7 Å². The van der Waals surface area contributed by atoms with E-state index in [0.29, 0.717) is 5.56 Å². The Hall–Kier alpha value is -2.05. The van der Waals surface area contributed by atoms with E-state index in [0.717, 1.165) is 37.3 Å². The van der Waals surface area contributed by atoms with Crippen LogP contribution in [0.15, 0.2) is 42.5 Å². The van der Waals surface area contributed by atoms with Gasteiger partial charge in [0.25, 0.3) is 5.91 Å². The SMILES string of the molecule is O=C(Nc1ccc(Cl)c(C(F)(F)F)c1)c1ccc(CN2CCCCCC2)cc1. The number of nitrogens with one attached hydrogen (secondary N) is 1. The van der Waals surface area contributed by atoms with E-state index in [4.69, 9.17) is 11.6 Å². The maximum absolute atomic E-state index is 13.0. The number of hydrogen-bond donors (Lipinski definition) is 1. The van der Waals surface area contributed by atoms with Gasteiger partial charge >= 0.3 is 6.18 Å². The van der Waals surface area contributed by atoms with Crippen LogP contribution in [0.3, 0.4) is 0 Å². The fraction of sp³-hybridized carbons (Fsp3) is 0.381. The zero-order chi connectivity index (χ0) is 20.1. The molecule has 0 spiro atoms. The lowest BCUT2D eigenvalue weighted by Gasteiger charge is -2.19. The highest BCUT2D eigenvalue weighted by atomic mass is 35.5. The lowest BCUT2D eigenvalue weighted by molar-refractivity contribution is -0.137. The Morgan fingerprint density at radius 3 is 2.25 bits per heavy atom. The number of alkyl halides is 3. The average molecular weight is 411 g/mol. The first-order chi connectivity index (χ1) is 13.3. The van der Waals surface area contributed by atoms with Crippen LogP contribution in [0.4, 0.5) is 18.9 Å². The van der Waals surface area contributed by atoms with Crippen LogP contribution in [0.1, 0.15) is 47.2 Å². The zero-order valence-electron chi connectivity index (χ0n) is 15.4. The molecule has 0 aromatic heterocycles. The standard InChI is InChI=1S/C21H22ClF3N2O/c22-19-10-9-17(13-18(19)21(23,24)25)26-20(28)16-7-5-15(6-8-16)14-27-11-3-1-2-4-12-27/h5-10,13H,1-4,11-12,14H2,(H,26,28). The molecule has 1 saturated heterocycles. The summed E-state index contributed by atoms with van der Waals surface area (Å²) < 4.78 is 38.9. The molecule has 0 saturated carbocycles. The summed E-state index contributed by atoms with van der Waals surface area (Å²) in [5, 5.41) is 2.10. The van der Waals surface area contributed by atoms with Crippen LogP contribution in [0.25, 0.3) is 0 Å². The maximum atomic E-state index is 13.0. The van der Waals surface area contributed by atoms with E-state index in [9.17, 15) is 18.0 Å². The van der Waals surface area contributed by atoms with Crippen molar-refractivity contribution >= 4 is 23.2 Å². The summed E-state index contributed by atoms with van der Waals surface area (Å²) in [6, 6.07) is 10.5. The van der Waals surface area contributed by atoms with Crippen LogP contribution >= 0.6 is 11.6 Å². The van der Waals surface area contributed by atoms with Crippen molar-refractivity contribution in [2.75, 3.05) is 18.4 Å². The third kappa shape index (κ3) is 5.49. The molecule has 0 atom stereocenters. The smallest absolute Gasteiger partial charge is 0.322 e. The van der Waals surface area contributed by atoms with Gasteiger partial charge in [0.05, 0.1) is 10.6 Å². The largest absolute Gasteiger partial charge is 0.417 e. The third-order valence-electron chi connectivity index (χ3n) is 4.85. The molecule has 1 amide bonds. The summed E-state index contributed by atoms with van der Waals surface area (Å²) in [6.07, 6.45) is 0.391. The van der Waals surface area contributed by atoms with Gasteiger partial charge in [0.1, 0.15) is 0 Å². The molecule has 0 bridgehead atoms. The van der Waals surface area contributed by atoms with Crippen molar-refractivity contribution in [3.8, 4) is 0 Å². The predicted octanol–water partition coefficient (Wildman–Crippen LogP) is 5.99. The second kappa shape index (κ2) is 8.97. The number of halogens is 4. The van der Waals surface area contributed by atoms with Gasteiger partial charge in [-0.2, -0.15) is 13.2 Å². The van der Waals surface area contributed by atoms with Gasteiger partial charge in [0, 0.05) is 17.8 Å². The molecule has 0 radical (unpaired) electrons. The summed E-state index contributed by atoms with van der Waals surface area (Å²) in [7, 11) is 0. The highest BCUT2D eigenvalue weighted by Gasteiger charge is 2.33. The first kappa shape index (κ1) is 20.7. The van der Waals surface area contributed by atoms with Crippen LogP contribution in [-0.2, 0) is 12.7 Å². The number of rotatable bonds is 4. The first-order valence-electron chi connectivity index (χ1n) is 9.32. The first-order valence-corrected chi connectivity index (χ1v) is 9.70. The lowest BCUT2D eigenvalue weighted by atomic mass is 10.1. The fourth-order valence-corrected chi connectivity index (χ4v) is 3.56. The number of benzene rings is 2. The summed E-state index contributed by atoms with van der Waals surface area (Å²) in [4.78, 5) is 14.8. The molecule has 1 fully saturated rings. The van der Waals surface area contributed by atoms with Crippen molar-refractivity contribution in [1.29, 1.82) is 0 Å². The van der Waals surface area contributed by atoms with Gasteiger partial charge in [0.15, 0.2) is 0 Å². The van der Waals surface area contributed by atoms with Crippen molar-refractivity contribution in [1.82, 2.24) is 4.90 Å². The minimum absolute atomic E-state index is 0.0513. The van der Waals surface area contributed by atoms with E-state index in [1.807, 2.05) is 12.1 Å². The van der Waals surface area contributed by atoms with E-state index in [1.54, 1.807) is 12.1 Å². The highest BCUT2D eigenvalue weighted by molar-refractivity contribution is 6.31. The Labute approximate surface area is 167 Å². The van der Waals surface area contributed by atoms with E-state index in [2.05, 4.69) is 10.2 Å². The van der Waals surface area contributed by atoms with Crippen molar-refractivity contribution in [3.63, 3.8) is 0 Å². The van der Waals surface area contributed by atoms with Crippen LogP contribution in [0.5, 0.6) is 0 Å². The monoisotopic (exact) mass is 410 g/mol. The van der Waals surface area contributed by atoms with E-state index >= 15 is 0 Å². The third-order valence-corrected chi connectivity index (χ3v) is 5.18. The number of amides is 1. The average Bonchev–Trinajstić information content (AvgIpc) is 2.91. The molecule has 28 heavy (non-hydrogen) atoms. The fourth-order valence-electron chi connectivity index (χ4n) is 3.34. The van der Waals surface area contributed by atoms with E-state index in [-0.39, 0.29) is 5.69 Å². The molecule has 1 aliphatic heterocycles. The number of likely N-dealkylation sites (tertiary alicyclic amines) is 1. The highest BCUT2D eigenvalue weighted by Crippen LogP contribution is 2.36. The molecule has 7 heteroatoms. The molecule has 2 aromatic carbocycles. The van der Waals surface area contributed by atoms with E-state index < -0.39 is 22.7 Å². The van der Waals surface area contributed by atoms with Crippen LogP contribution in [0, 0.1) is 0 Å². The molecule has 150 valence electrons. The van der Waals surface area contributed by atoms with Crippen molar-refractivity contribution in [2.45, 2.75) is 38.4 Å². The van der Waals surface area contributed by atoms with Crippen molar-refractivity contribution in [3.05, 3.63) is 64.2 Å². The summed E-state index contributed by atoms with van der Waals surface area (Å²) in [5.74, 6) is -0.461. The number of hydrogen-bond acceptors (Lipinski definition) is 2. The zero-order valence-corrected chi connectivity index (χ0v) is 16.1. The molecule has 1 heterocycles. The second-order valence-corrected chi connectivity index (χ2v) is 7.44. The van der Waals surface area contributed by atoms with Gasteiger partial charge in [-0.15, -0.1) is 0 Å². The number of nitrogens with zero attached hydrogens (tertiary/aromatic N) is 1. The Kier molecular flexibility index (Phi) is 6.62. The Morgan fingerprint density at radius 1 is 1.00 bits per heavy atom. The number of anilines is 1. The van der Waals surface area contributed by atoms with Gasteiger partial charge < -0.3 is 5.32 Å². The van der Waals surface area contributed by atoms with Crippen LogP contribution < -0.4 is 5.32 Å². The minimum atomic E-state index is -4.58. The molecular weight excluding hydrogens is 389 g/mol. The van der Waals surface area contributed by atoms with Gasteiger partial charge in [-0.05, 0) is 61.8 Å². The topological polar surface area (TPSA) is 32.3 Å². The molecule has 1 N–H and O–H groups in total. The Bertz CT molecular complexity index is 813. The number of carbonyl (C=O) groups is 1. The van der Waals surface area contributed by atoms with Gasteiger partial charge in [0.2, 0.25) is 0 Å². The predicted molar refractivity (Wildman–Crippen MR) is 105 cm³/mol. The van der Waals surface area contributed by atoms with Gasteiger partial charge in [-0.1, -0.05) is 36.6 Å². The number of carbonyl (C=O) groups excluding carboxylic acids is 1. The lowest BCUT2D eigenvalue weighted by Crippen LogP contribution is -2.24. The second-order valence-electron chi connectivity index (χ2n) is 7.03. The molecule has 3 nitrogen and oxygen atoms in total. The summed E-state index contributed by atoms with van der Waals surface area (Å²) >= 11 is 5.61. The van der Waals surface area contributed by atoms with Crippen molar-refractivity contribution in [2.24, 2.45) is 0 Å². The molecule has 3 rings (SSSR count). The minimum Gasteiger partial charge on any atom is -0.322 e. The normalized spacial score (nSPS) is 15.9. The van der Waals surface area contributed by atoms with Crippen molar-refractivity contribution < 1.29 is 18.0 Å². The Balaban J connectivity index is 1.65. The molecular formula is C21H22ClF3N2O. The molecule has 2 aromatic rings. The van der Waals surface area contributed by atoms with Gasteiger partial charge in [-0.3, -0.25) is 9.69 Å². The molecule has 1 aliphatic rings. The Morgan fingerprint density at radius 2 is 1.64 bits per heavy atom. The van der Waals surface area contributed by atoms with Crippen LogP contribution in [-0.4, -0.2) is 23.9 Å². The quantitative estimate of drug-likeness (QED) is 0.671. The summed E-state index contributed by atoms with van der Waals surface area (Å²) in [5.41, 5.74) is 0.586. The van der Waals surface area contributed by atoms with Crippen LogP contribution in [0.2, 0.25) is 5.02 Å². The molecule has 0 aliphatic carbocycles. The molecule has 0 unspecified atom stereocenters.